The van der Waals surface area contributed by atoms with Gasteiger partial charge in [-0.05, 0) is 6.92 Å². The molecule has 21 heavy (non-hydrogen) atoms. The first-order valence-corrected chi connectivity index (χ1v) is 8.38. The first kappa shape index (κ1) is 15.7. The van der Waals surface area contributed by atoms with Crippen LogP contribution >= 0.6 is 0 Å². The molecule has 9 nitrogen and oxygen atoms in total. The van der Waals surface area contributed by atoms with Gasteiger partial charge < -0.3 is 4.90 Å². The molecule has 1 fully saturated rings. The molecule has 0 bridgehead atoms. The molecule has 0 radical (unpaired) electrons. The fourth-order valence-corrected chi connectivity index (χ4v) is 3.55. The van der Waals surface area contributed by atoms with Crippen LogP contribution in [-0.2, 0) is 28.4 Å². The van der Waals surface area contributed by atoms with Gasteiger partial charge in [0.1, 0.15) is 12.9 Å². The van der Waals surface area contributed by atoms with Gasteiger partial charge >= 0.3 is 5.69 Å². The summed E-state index contributed by atoms with van der Waals surface area (Å²) in [4.78, 5) is 25.4. The minimum absolute atomic E-state index is 0.134. The van der Waals surface area contributed by atoms with E-state index in [0.29, 0.717) is 13.1 Å². The van der Waals surface area contributed by atoms with Crippen LogP contribution in [0.3, 0.4) is 0 Å². The highest BCUT2D eigenvalue weighted by Gasteiger charge is 2.31. The zero-order valence-corrected chi connectivity index (χ0v) is 13.1. The van der Waals surface area contributed by atoms with E-state index in [1.807, 2.05) is 0 Å². The van der Waals surface area contributed by atoms with Crippen molar-refractivity contribution in [2.75, 3.05) is 25.9 Å². The highest BCUT2D eigenvalue weighted by molar-refractivity contribution is 7.88. The SMILES string of the molecule is C[C@H]1CN(C(=O)Cn2ncn(C)c2=O)CCN1S(C)(=O)=O. The van der Waals surface area contributed by atoms with E-state index in [1.165, 1.54) is 15.2 Å². The van der Waals surface area contributed by atoms with Crippen LogP contribution in [0.4, 0.5) is 0 Å². The number of hydrogen-bond acceptors (Lipinski definition) is 5. The Morgan fingerprint density at radius 3 is 2.57 bits per heavy atom. The molecule has 0 aromatic carbocycles. The van der Waals surface area contributed by atoms with E-state index in [2.05, 4.69) is 5.10 Å². The number of carbonyl (C=O) groups is 1. The van der Waals surface area contributed by atoms with Gasteiger partial charge in [0.05, 0.1) is 6.26 Å². The molecule has 10 heteroatoms. The lowest BCUT2D eigenvalue weighted by Gasteiger charge is -2.38. The Kier molecular flexibility index (Phi) is 4.19. The fraction of sp³-hybridized carbons (Fsp3) is 0.727. The normalized spacial score (nSPS) is 20.7. The van der Waals surface area contributed by atoms with Gasteiger partial charge in [-0.1, -0.05) is 0 Å². The second kappa shape index (κ2) is 5.60. The van der Waals surface area contributed by atoms with Crippen molar-refractivity contribution < 1.29 is 13.2 Å². The molecule has 2 heterocycles. The summed E-state index contributed by atoms with van der Waals surface area (Å²) in [5.41, 5.74) is -0.355. The van der Waals surface area contributed by atoms with E-state index in [9.17, 15) is 18.0 Å². The average molecular weight is 317 g/mol. The lowest BCUT2D eigenvalue weighted by molar-refractivity contribution is -0.134. The van der Waals surface area contributed by atoms with Crippen LogP contribution in [0.1, 0.15) is 6.92 Å². The van der Waals surface area contributed by atoms with Crippen molar-refractivity contribution in [1.29, 1.82) is 0 Å². The lowest BCUT2D eigenvalue weighted by atomic mass is 10.2. The summed E-state index contributed by atoms with van der Waals surface area (Å²) in [7, 11) is -1.70. The number of aromatic nitrogens is 3. The fourth-order valence-electron chi connectivity index (χ4n) is 2.42. The van der Waals surface area contributed by atoms with Crippen molar-refractivity contribution in [1.82, 2.24) is 23.6 Å². The smallest absolute Gasteiger partial charge is 0.338 e. The van der Waals surface area contributed by atoms with Crippen molar-refractivity contribution in [3.63, 3.8) is 0 Å². The molecule has 118 valence electrons. The Hall–Kier alpha value is -1.68. The average Bonchev–Trinajstić information content (AvgIpc) is 2.69. The van der Waals surface area contributed by atoms with Crippen LogP contribution in [0.5, 0.6) is 0 Å². The molecule has 1 aromatic heterocycles. The topological polar surface area (TPSA) is 97.5 Å². The Labute approximate surface area is 122 Å². The molecular formula is C11H19N5O4S. The Morgan fingerprint density at radius 1 is 1.43 bits per heavy atom. The largest absolute Gasteiger partial charge is 0.345 e. The standard InChI is InChI=1S/C11H19N5O4S/c1-9-6-14(4-5-16(9)21(3,19)20)10(17)7-15-11(18)13(2)8-12-15/h8-9H,4-7H2,1-3H3/t9-/m0/s1. The minimum atomic E-state index is -3.26. The summed E-state index contributed by atoms with van der Waals surface area (Å²) >= 11 is 0. The van der Waals surface area contributed by atoms with Crippen LogP contribution in [0.15, 0.2) is 11.1 Å². The van der Waals surface area contributed by atoms with E-state index < -0.39 is 10.0 Å². The van der Waals surface area contributed by atoms with Gasteiger partial charge in [0.15, 0.2) is 0 Å². The van der Waals surface area contributed by atoms with E-state index in [-0.39, 0.29) is 30.7 Å². The van der Waals surface area contributed by atoms with Crippen molar-refractivity contribution in [3.05, 3.63) is 16.8 Å². The van der Waals surface area contributed by atoms with Crippen LogP contribution < -0.4 is 5.69 Å². The number of rotatable bonds is 3. The van der Waals surface area contributed by atoms with Gasteiger partial charge in [-0.2, -0.15) is 9.40 Å². The van der Waals surface area contributed by atoms with Crippen molar-refractivity contribution in [2.45, 2.75) is 19.5 Å². The minimum Gasteiger partial charge on any atom is -0.338 e. The molecule has 1 amide bonds. The number of aryl methyl sites for hydroxylation is 1. The second-order valence-corrected chi connectivity index (χ2v) is 7.18. The third-order valence-corrected chi connectivity index (χ3v) is 4.91. The highest BCUT2D eigenvalue weighted by Crippen LogP contribution is 2.13. The van der Waals surface area contributed by atoms with Crippen LogP contribution in [0.25, 0.3) is 0 Å². The Balaban J connectivity index is 2.03. The maximum Gasteiger partial charge on any atom is 0.345 e. The van der Waals surface area contributed by atoms with E-state index in [4.69, 9.17) is 0 Å². The third-order valence-electron chi connectivity index (χ3n) is 3.52. The summed E-state index contributed by atoms with van der Waals surface area (Å²) in [6.45, 7) is 2.52. The predicted octanol–water partition coefficient (Wildman–Crippen LogP) is -1.93. The number of carbonyl (C=O) groups excluding carboxylic acids is 1. The van der Waals surface area contributed by atoms with Gasteiger partial charge in [0.2, 0.25) is 15.9 Å². The monoisotopic (exact) mass is 317 g/mol. The van der Waals surface area contributed by atoms with E-state index in [1.54, 1.807) is 18.9 Å². The highest BCUT2D eigenvalue weighted by atomic mass is 32.2. The number of nitrogens with zero attached hydrogens (tertiary/aromatic N) is 5. The zero-order valence-electron chi connectivity index (χ0n) is 12.3. The summed E-state index contributed by atoms with van der Waals surface area (Å²) in [6.07, 6.45) is 2.51. The van der Waals surface area contributed by atoms with Crippen LogP contribution in [0, 0.1) is 0 Å². The van der Waals surface area contributed by atoms with E-state index in [0.717, 1.165) is 10.9 Å². The number of piperazine rings is 1. The Bertz CT molecular complexity index is 692. The molecule has 0 saturated carbocycles. The molecule has 2 rings (SSSR count). The quantitative estimate of drug-likeness (QED) is 0.647. The second-order valence-electron chi connectivity index (χ2n) is 5.24. The summed E-state index contributed by atoms with van der Waals surface area (Å²) < 4.78 is 26.9. The van der Waals surface area contributed by atoms with Crippen molar-refractivity contribution >= 4 is 15.9 Å². The first-order chi connectivity index (χ1) is 9.70. The number of hydrogen-bond donors (Lipinski definition) is 0. The molecule has 0 N–H and O–H groups in total. The number of sulfonamides is 1. The molecule has 0 spiro atoms. The van der Waals surface area contributed by atoms with Gasteiger partial charge in [0, 0.05) is 32.7 Å². The molecule has 1 aliphatic heterocycles. The summed E-state index contributed by atoms with van der Waals surface area (Å²) in [5, 5.41) is 3.84. The molecule has 0 aliphatic carbocycles. The van der Waals surface area contributed by atoms with Gasteiger partial charge in [-0.3, -0.25) is 9.36 Å². The molecule has 0 unspecified atom stereocenters. The first-order valence-electron chi connectivity index (χ1n) is 6.53. The lowest BCUT2D eigenvalue weighted by Crippen LogP contribution is -2.55. The van der Waals surface area contributed by atoms with Crippen LogP contribution in [0.2, 0.25) is 0 Å². The van der Waals surface area contributed by atoms with Gasteiger partial charge in [-0.15, -0.1) is 0 Å². The maximum atomic E-state index is 12.2. The third kappa shape index (κ3) is 3.32. The molecular weight excluding hydrogens is 298 g/mol. The van der Waals surface area contributed by atoms with Gasteiger partial charge in [-0.25, -0.2) is 17.9 Å². The maximum absolute atomic E-state index is 12.2. The molecule has 1 saturated heterocycles. The predicted molar refractivity (Wildman–Crippen MR) is 75.1 cm³/mol. The van der Waals surface area contributed by atoms with E-state index >= 15 is 0 Å². The number of amides is 1. The zero-order chi connectivity index (χ0) is 15.8. The molecule has 1 aromatic rings. The molecule has 1 atom stereocenters. The Morgan fingerprint density at radius 2 is 2.10 bits per heavy atom. The van der Waals surface area contributed by atoms with Gasteiger partial charge in [0.25, 0.3) is 0 Å². The molecule has 1 aliphatic rings. The van der Waals surface area contributed by atoms with Crippen LogP contribution in [-0.4, -0.2) is 69.8 Å². The van der Waals surface area contributed by atoms with Crippen molar-refractivity contribution in [3.8, 4) is 0 Å². The summed E-state index contributed by atoms with van der Waals surface area (Å²) in [6, 6.07) is -0.279. The van der Waals surface area contributed by atoms with Crippen molar-refractivity contribution in [2.24, 2.45) is 7.05 Å². The summed E-state index contributed by atoms with van der Waals surface area (Å²) in [5.74, 6) is -0.240.